The van der Waals surface area contributed by atoms with Crippen molar-refractivity contribution in [3.05, 3.63) is 0 Å². The molecule has 74 valence electrons. The van der Waals surface area contributed by atoms with Crippen LogP contribution in [0.15, 0.2) is 4.99 Å². The monoisotopic (exact) mass is 217 g/mol. The van der Waals surface area contributed by atoms with Crippen molar-refractivity contribution in [3.8, 4) is 0 Å². The highest BCUT2D eigenvalue weighted by Gasteiger charge is 2.15. The van der Waals surface area contributed by atoms with Gasteiger partial charge in [-0.2, -0.15) is 11.2 Å². The molecule has 0 radical (unpaired) electrons. The fourth-order valence-electron chi connectivity index (χ4n) is 1.25. The molecule has 1 saturated heterocycles. The third-order valence-electron chi connectivity index (χ3n) is 1.92. The van der Waals surface area contributed by atoms with Gasteiger partial charge in [-0.25, -0.2) is 9.79 Å². The Hall–Kier alpha value is -0.0931. The van der Waals surface area contributed by atoms with Crippen LogP contribution in [0.3, 0.4) is 0 Å². The Morgan fingerprint density at radius 1 is 1.54 bits per heavy atom. The maximum Gasteiger partial charge on any atom is 0.238 e. The molecule has 3 nitrogen and oxygen atoms in total. The molecule has 0 bridgehead atoms. The summed E-state index contributed by atoms with van der Waals surface area (Å²) in [5.41, 5.74) is 0. The van der Waals surface area contributed by atoms with Gasteiger partial charge in [-0.1, -0.05) is 6.42 Å². The molecule has 0 aromatic carbocycles. The average molecular weight is 217 g/mol. The predicted molar refractivity (Wildman–Crippen MR) is 57.2 cm³/mol. The minimum absolute atomic E-state index is 0.623. The predicted octanol–water partition coefficient (Wildman–Crippen LogP) is 1.48. The molecular weight excluding hydrogens is 202 g/mol. The van der Waals surface area contributed by atoms with E-state index < -0.39 is 8.19 Å². The van der Waals surface area contributed by atoms with Gasteiger partial charge in [0.25, 0.3) is 0 Å². The summed E-state index contributed by atoms with van der Waals surface area (Å²) < 4.78 is 5.68. The summed E-state index contributed by atoms with van der Waals surface area (Å²) in [6, 6.07) is 1.31. The third kappa shape index (κ3) is 5.26. The Kier molecular flexibility index (Phi) is 6.19. The Morgan fingerprint density at radius 2 is 2.46 bits per heavy atom. The molecule has 0 spiro atoms. The van der Waals surface area contributed by atoms with Crippen LogP contribution in [0.4, 0.5) is 0 Å². The first kappa shape index (κ1) is 11.0. The lowest BCUT2D eigenvalue weighted by atomic mass is 10.4. The highest BCUT2D eigenvalue weighted by molar-refractivity contribution is 8.24. The first-order valence-corrected chi connectivity index (χ1v) is 8.45. The molecule has 0 aromatic rings. The van der Waals surface area contributed by atoms with Gasteiger partial charge in [0, 0.05) is 6.61 Å². The van der Waals surface area contributed by atoms with E-state index in [2.05, 4.69) is 4.99 Å². The topological polar surface area (TPSA) is 38.7 Å². The van der Waals surface area contributed by atoms with Crippen molar-refractivity contribution in [1.82, 2.24) is 0 Å². The second kappa shape index (κ2) is 7.32. The van der Waals surface area contributed by atoms with Crippen molar-refractivity contribution in [2.45, 2.75) is 25.3 Å². The van der Waals surface area contributed by atoms with E-state index in [1.54, 1.807) is 6.08 Å². The van der Waals surface area contributed by atoms with Crippen molar-refractivity contribution in [1.29, 1.82) is 0 Å². The molecule has 1 atom stereocenters. The number of aliphatic imine (C=N–C) groups is 1. The van der Waals surface area contributed by atoms with E-state index >= 15 is 0 Å². The summed E-state index contributed by atoms with van der Waals surface area (Å²) >= 11 is 1.97. The van der Waals surface area contributed by atoms with Crippen LogP contribution in [-0.2, 0) is 9.22 Å². The first-order chi connectivity index (χ1) is 6.43. The van der Waals surface area contributed by atoms with Gasteiger partial charge in [-0.3, -0.25) is 0 Å². The molecule has 0 aliphatic carbocycles. The Bertz CT molecular complexity index is 179. The number of rotatable bonds is 5. The van der Waals surface area contributed by atoms with Gasteiger partial charge in [-0.15, -0.1) is 0 Å². The second-order valence-electron chi connectivity index (χ2n) is 2.99. The zero-order valence-corrected chi connectivity index (χ0v) is 9.67. The standard InChI is InChI=1S/C8H15NO2SSi/c10-8-9-4-3-6-12-13-7-2-1-5-11-13/h13H,1-7H2. The van der Waals surface area contributed by atoms with Gasteiger partial charge in [0.2, 0.25) is 14.3 Å². The Balaban J connectivity index is 1.94. The number of isocyanates is 1. The SMILES string of the molecule is O=C=NCCCS[SiH]1CCCCO1. The summed E-state index contributed by atoms with van der Waals surface area (Å²) in [5, 5.41) is 0. The number of hydrogen-bond acceptors (Lipinski definition) is 4. The minimum atomic E-state index is -0.901. The second-order valence-corrected chi connectivity index (χ2v) is 8.08. The first-order valence-electron chi connectivity index (χ1n) is 4.70. The van der Waals surface area contributed by atoms with Crippen molar-refractivity contribution in [3.63, 3.8) is 0 Å². The molecule has 0 aromatic heterocycles. The summed E-state index contributed by atoms with van der Waals surface area (Å²) in [6.45, 7) is 1.59. The summed E-state index contributed by atoms with van der Waals surface area (Å²) in [4.78, 5) is 13.3. The van der Waals surface area contributed by atoms with E-state index in [4.69, 9.17) is 4.43 Å². The van der Waals surface area contributed by atoms with Gasteiger partial charge < -0.3 is 4.43 Å². The average Bonchev–Trinajstić information content (AvgIpc) is 2.19. The minimum Gasteiger partial charge on any atom is -0.410 e. The van der Waals surface area contributed by atoms with Crippen LogP contribution in [0.25, 0.3) is 0 Å². The molecule has 0 saturated carbocycles. The van der Waals surface area contributed by atoms with Crippen LogP contribution in [0, 0.1) is 0 Å². The van der Waals surface area contributed by atoms with Crippen LogP contribution < -0.4 is 0 Å². The normalized spacial score (nSPS) is 22.3. The molecule has 13 heavy (non-hydrogen) atoms. The third-order valence-corrected chi connectivity index (χ3v) is 7.24. The largest absolute Gasteiger partial charge is 0.410 e. The highest BCUT2D eigenvalue weighted by Crippen LogP contribution is 2.20. The lowest BCUT2D eigenvalue weighted by molar-refractivity contribution is 0.300. The van der Waals surface area contributed by atoms with Gasteiger partial charge >= 0.3 is 0 Å². The molecule has 1 rings (SSSR count). The summed E-state index contributed by atoms with van der Waals surface area (Å²) in [5.74, 6) is 1.09. The molecule has 1 unspecified atom stereocenters. The van der Waals surface area contributed by atoms with E-state index in [0.29, 0.717) is 6.54 Å². The lowest BCUT2D eigenvalue weighted by Gasteiger charge is -2.19. The van der Waals surface area contributed by atoms with E-state index in [0.717, 1.165) is 18.8 Å². The van der Waals surface area contributed by atoms with Crippen molar-refractivity contribution in [2.24, 2.45) is 4.99 Å². The maximum absolute atomic E-state index is 9.76. The van der Waals surface area contributed by atoms with Gasteiger partial charge in [0.05, 0.1) is 6.54 Å². The fraction of sp³-hybridized carbons (Fsp3) is 0.875. The number of hydrogen-bond donors (Lipinski definition) is 0. The molecule has 1 heterocycles. The zero-order valence-electron chi connectivity index (χ0n) is 7.70. The van der Waals surface area contributed by atoms with Gasteiger partial charge in [0.15, 0.2) is 0 Å². The molecule has 5 heteroatoms. The zero-order chi connectivity index (χ0) is 9.36. The molecule has 1 aliphatic heterocycles. The Morgan fingerprint density at radius 3 is 3.15 bits per heavy atom. The Labute approximate surface area is 84.3 Å². The fourth-order valence-corrected chi connectivity index (χ4v) is 6.15. The van der Waals surface area contributed by atoms with E-state index in [1.807, 2.05) is 11.2 Å². The van der Waals surface area contributed by atoms with Crippen LogP contribution in [0.1, 0.15) is 19.3 Å². The maximum atomic E-state index is 9.76. The molecule has 0 N–H and O–H groups in total. The molecule has 0 amide bonds. The van der Waals surface area contributed by atoms with Crippen LogP contribution >= 0.6 is 11.2 Å². The lowest BCUT2D eigenvalue weighted by Crippen LogP contribution is -2.20. The van der Waals surface area contributed by atoms with E-state index in [-0.39, 0.29) is 0 Å². The van der Waals surface area contributed by atoms with Crippen molar-refractivity contribution in [2.75, 3.05) is 18.9 Å². The summed E-state index contributed by atoms with van der Waals surface area (Å²) in [6.07, 6.45) is 5.11. The van der Waals surface area contributed by atoms with Crippen LogP contribution in [0.5, 0.6) is 0 Å². The molecule has 1 fully saturated rings. The van der Waals surface area contributed by atoms with Crippen LogP contribution in [-0.4, -0.2) is 33.2 Å². The van der Waals surface area contributed by atoms with E-state index in [1.165, 1.54) is 18.9 Å². The molecule has 1 aliphatic rings. The quantitative estimate of drug-likeness (QED) is 0.303. The smallest absolute Gasteiger partial charge is 0.238 e. The van der Waals surface area contributed by atoms with Crippen LogP contribution in [0.2, 0.25) is 6.04 Å². The van der Waals surface area contributed by atoms with Crippen molar-refractivity contribution >= 4 is 25.5 Å². The number of nitrogens with zero attached hydrogens (tertiary/aromatic N) is 1. The van der Waals surface area contributed by atoms with Gasteiger partial charge in [-0.05, 0) is 24.6 Å². The van der Waals surface area contributed by atoms with Gasteiger partial charge in [0.1, 0.15) is 0 Å². The van der Waals surface area contributed by atoms with E-state index in [9.17, 15) is 4.79 Å². The van der Waals surface area contributed by atoms with Crippen molar-refractivity contribution < 1.29 is 9.22 Å². The molecular formula is C8H15NO2SSi. The highest BCUT2D eigenvalue weighted by atomic mass is 32.4. The summed E-state index contributed by atoms with van der Waals surface area (Å²) in [7, 11) is -0.901. The number of carbonyl (C=O) groups excluding carboxylic acids is 1.